The smallest absolute Gasteiger partial charge is 0.163 e. The van der Waals surface area contributed by atoms with E-state index < -0.39 is 0 Å². The summed E-state index contributed by atoms with van der Waals surface area (Å²) in [4.78, 5) is 7.94. The summed E-state index contributed by atoms with van der Waals surface area (Å²) in [6.07, 6.45) is 5.59. The van der Waals surface area contributed by atoms with Crippen LogP contribution in [0.25, 0.3) is 11.0 Å². The Labute approximate surface area is 119 Å². The second-order valence-electron chi connectivity index (χ2n) is 4.86. The highest BCUT2D eigenvalue weighted by atomic mass is 16.5. The van der Waals surface area contributed by atoms with E-state index in [0.717, 1.165) is 48.4 Å². The van der Waals surface area contributed by atoms with E-state index in [1.165, 1.54) is 12.8 Å². The molecule has 3 N–H and O–H groups in total. The molecule has 0 fully saturated rings. The van der Waals surface area contributed by atoms with Gasteiger partial charge >= 0.3 is 0 Å². The average molecular weight is 277 g/mol. The summed E-state index contributed by atoms with van der Waals surface area (Å²) in [7, 11) is 3.27. The van der Waals surface area contributed by atoms with Gasteiger partial charge in [-0.05, 0) is 19.4 Å². The van der Waals surface area contributed by atoms with Gasteiger partial charge in [0, 0.05) is 18.6 Å². The van der Waals surface area contributed by atoms with Gasteiger partial charge in [-0.15, -0.1) is 0 Å². The Kier molecular flexibility index (Phi) is 5.24. The first-order chi connectivity index (χ1) is 9.78. The van der Waals surface area contributed by atoms with E-state index in [-0.39, 0.29) is 0 Å². The topological polar surface area (TPSA) is 73.2 Å². The molecule has 0 bridgehead atoms. The van der Waals surface area contributed by atoms with Crippen LogP contribution in [0, 0.1) is 0 Å². The summed E-state index contributed by atoms with van der Waals surface area (Å²) in [5, 5.41) is 0. The number of unbranched alkanes of at least 4 members (excludes halogenated alkanes) is 3. The largest absolute Gasteiger partial charge is 0.493 e. The summed E-state index contributed by atoms with van der Waals surface area (Å²) >= 11 is 0. The van der Waals surface area contributed by atoms with Crippen molar-refractivity contribution in [2.75, 3.05) is 20.8 Å². The zero-order valence-electron chi connectivity index (χ0n) is 12.2. The third-order valence-electron chi connectivity index (χ3n) is 3.40. The second-order valence-corrected chi connectivity index (χ2v) is 4.86. The highest BCUT2D eigenvalue weighted by molar-refractivity contribution is 5.79. The fourth-order valence-corrected chi connectivity index (χ4v) is 2.30. The van der Waals surface area contributed by atoms with Crippen molar-refractivity contribution in [1.82, 2.24) is 9.97 Å². The number of H-pyrrole nitrogens is 1. The van der Waals surface area contributed by atoms with Gasteiger partial charge in [-0.25, -0.2) is 4.98 Å². The molecule has 0 aliphatic carbocycles. The molecule has 5 nitrogen and oxygen atoms in total. The van der Waals surface area contributed by atoms with E-state index in [0.29, 0.717) is 5.75 Å². The molecule has 110 valence electrons. The number of hydrogen-bond donors (Lipinski definition) is 2. The molecule has 0 saturated carbocycles. The first-order valence-electron chi connectivity index (χ1n) is 7.09. The standard InChI is InChI=1S/C15H23N3O2/c1-19-13-9-11-12(10-14(13)20-2)18-15(17-11)7-5-3-4-6-8-16/h9-10H,3-8,16H2,1-2H3,(H,17,18). The molecular weight excluding hydrogens is 254 g/mol. The van der Waals surface area contributed by atoms with E-state index >= 15 is 0 Å². The third-order valence-corrected chi connectivity index (χ3v) is 3.40. The van der Waals surface area contributed by atoms with E-state index in [1.54, 1.807) is 14.2 Å². The Morgan fingerprint density at radius 3 is 2.45 bits per heavy atom. The molecule has 0 atom stereocenters. The Balaban J connectivity index is 2.05. The lowest BCUT2D eigenvalue weighted by Crippen LogP contribution is -1.98. The van der Waals surface area contributed by atoms with Crippen molar-refractivity contribution < 1.29 is 9.47 Å². The molecule has 1 heterocycles. The molecule has 0 amide bonds. The van der Waals surface area contributed by atoms with E-state index in [2.05, 4.69) is 9.97 Å². The number of imidazole rings is 1. The van der Waals surface area contributed by atoms with Crippen molar-refractivity contribution in [2.24, 2.45) is 5.73 Å². The number of benzene rings is 1. The number of ether oxygens (including phenoxy) is 2. The molecule has 1 aromatic heterocycles. The number of rotatable bonds is 8. The summed E-state index contributed by atoms with van der Waals surface area (Å²) in [5.74, 6) is 2.45. The number of aromatic amines is 1. The summed E-state index contributed by atoms with van der Waals surface area (Å²) in [5.41, 5.74) is 7.39. The van der Waals surface area contributed by atoms with Gasteiger partial charge in [0.2, 0.25) is 0 Å². The molecule has 0 saturated heterocycles. The van der Waals surface area contributed by atoms with Crippen molar-refractivity contribution in [2.45, 2.75) is 32.1 Å². The van der Waals surface area contributed by atoms with Crippen LogP contribution in [0.1, 0.15) is 31.5 Å². The van der Waals surface area contributed by atoms with Gasteiger partial charge < -0.3 is 20.2 Å². The number of aromatic nitrogens is 2. The zero-order valence-corrected chi connectivity index (χ0v) is 12.2. The SMILES string of the molecule is COc1cc2nc(CCCCCCN)[nH]c2cc1OC. The lowest BCUT2D eigenvalue weighted by molar-refractivity contribution is 0.356. The molecule has 20 heavy (non-hydrogen) atoms. The van der Waals surface area contributed by atoms with Gasteiger partial charge in [0.25, 0.3) is 0 Å². The highest BCUT2D eigenvalue weighted by Gasteiger charge is 2.09. The molecule has 0 aliphatic rings. The number of hydrogen-bond acceptors (Lipinski definition) is 4. The van der Waals surface area contributed by atoms with Crippen LogP contribution in [-0.4, -0.2) is 30.7 Å². The van der Waals surface area contributed by atoms with Crippen molar-refractivity contribution in [3.8, 4) is 11.5 Å². The van der Waals surface area contributed by atoms with Crippen LogP contribution in [-0.2, 0) is 6.42 Å². The molecule has 0 spiro atoms. The Morgan fingerprint density at radius 1 is 1.05 bits per heavy atom. The average Bonchev–Trinajstić information content (AvgIpc) is 2.87. The van der Waals surface area contributed by atoms with Crippen molar-refractivity contribution in [1.29, 1.82) is 0 Å². The lowest BCUT2D eigenvalue weighted by Gasteiger charge is -2.06. The van der Waals surface area contributed by atoms with E-state index in [4.69, 9.17) is 15.2 Å². The molecule has 0 aliphatic heterocycles. The van der Waals surface area contributed by atoms with Crippen LogP contribution in [0.5, 0.6) is 11.5 Å². The highest BCUT2D eigenvalue weighted by Crippen LogP contribution is 2.31. The summed E-state index contributed by atoms with van der Waals surface area (Å²) in [6.45, 7) is 0.782. The minimum atomic E-state index is 0.709. The first-order valence-corrected chi connectivity index (χ1v) is 7.09. The van der Waals surface area contributed by atoms with Crippen LogP contribution in [0.2, 0.25) is 0 Å². The Hall–Kier alpha value is -1.75. The maximum absolute atomic E-state index is 5.49. The maximum atomic E-state index is 5.49. The summed E-state index contributed by atoms with van der Waals surface area (Å²) in [6, 6.07) is 3.83. The molecule has 2 rings (SSSR count). The molecule has 0 unspecified atom stereocenters. The van der Waals surface area contributed by atoms with Crippen molar-refractivity contribution in [3.05, 3.63) is 18.0 Å². The number of nitrogens with two attached hydrogens (primary N) is 1. The lowest BCUT2D eigenvalue weighted by atomic mass is 10.1. The predicted octanol–water partition coefficient (Wildman–Crippen LogP) is 2.64. The molecule has 2 aromatic rings. The number of nitrogens with zero attached hydrogens (tertiary/aromatic N) is 1. The van der Waals surface area contributed by atoms with Crippen molar-refractivity contribution >= 4 is 11.0 Å². The van der Waals surface area contributed by atoms with Crippen LogP contribution in [0.4, 0.5) is 0 Å². The van der Waals surface area contributed by atoms with Crippen LogP contribution < -0.4 is 15.2 Å². The number of nitrogens with one attached hydrogen (secondary N) is 1. The van der Waals surface area contributed by atoms with E-state index in [9.17, 15) is 0 Å². The quantitative estimate of drug-likeness (QED) is 0.727. The number of methoxy groups -OCH3 is 2. The minimum absolute atomic E-state index is 0.709. The summed E-state index contributed by atoms with van der Waals surface area (Å²) < 4.78 is 10.6. The van der Waals surface area contributed by atoms with E-state index in [1.807, 2.05) is 12.1 Å². The molecule has 0 radical (unpaired) electrons. The van der Waals surface area contributed by atoms with Gasteiger partial charge in [0.15, 0.2) is 11.5 Å². The van der Waals surface area contributed by atoms with Gasteiger partial charge in [-0.3, -0.25) is 0 Å². The van der Waals surface area contributed by atoms with Crippen LogP contribution in [0.15, 0.2) is 12.1 Å². The number of fused-ring (bicyclic) bond motifs is 1. The maximum Gasteiger partial charge on any atom is 0.163 e. The van der Waals surface area contributed by atoms with Crippen LogP contribution in [0.3, 0.4) is 0 Å². The normalized spacial score (nSPS) is 10.9. The molecule has 1 aromatic carbocycles. The number of aryl methyl sites for hydroxylation is 1. The van der Waals surface area contributed by atoms with Crippen molar-refractivity contribution in [3.63, 3.8) is 0 Å². The van der Waals surface area contributed by atoms with Gasteiger partial charge in [-0.2, -0.15) is 0 Å². The second kappa shape index (κ2) is 7.14. The molecule has 5 heteroatoms. The van der Waals surface area contributed by atoms with Gasteiger partial charge in [-0.1, -0.05) is 12.8 Å². The van der Waals surface area contributed by atoms with Crippen LogP contribution >= 0.6 is 0 Å². The zero-order chi connectivity index (χ0) is 14.4. The predicted molar refractivity (Wildman–Crippen MR) is 80.4 cm³/mol. The fraction of sp³-hybridized carbons (Fsp3) is 0.533. The minimum Gasteiger partial charge on any atom is -0.493 e. The Morgan fingerprint density at radius 2 is 1.75 bits per heavy atom. The Bertz CT molecular complexity index is 510. The fourth-order valence-electron chi connectivity index (χ4n) is 2.30. The van der Waals surface area contributed by atoms with Gasteiger partial charge in [0.05, 0.1) is 25.3 Å². The first kappa shape index (κ1) is 14.7. The third kappa shape index (κ3) is 3.42. The monoisotopic (exact) mass is 277 g/mol. The van der Waals surface area contributed by atoms with Gasteiger partial charge in [0.1, 0.15) is 5.82 Å². The molecular formula is C15H23N3O2.